The molecule has 0 atom stereocenters. The van der Waals surface area contributed by atoms with Gasteiger partial charge in [0.25, 0.3) is 0 Å². The fourth-order valence-electron chi connectivity index (χ4n) is 3.88. The lowest BCUT2D eigenvalue weighted by Crippen LogP contribution is -2.25. The van der Waals surface area contributed by atoms with Crippen LogP contribution in [-0.2, 0) is 9.59 Å². The highest BCUT2D eigenvalue weighted by Crippen LogP contribution is 2.30. The Morgan fingerprint density at radius 2 is 1.55 bits per heavy atom. The van der Waals surface area contributed by atoms with Gasteiger partial charge in [0, 0.05) is 24.3 Å². The molecule has 4 rings (SSSR count). The van der Waals surface area contributed by atoms with E-state index < -0.39 is 5.92 Å². The molecule has 0 aliphatic carbocycles. The Hall–Kier alpha value is -3.40. The molecule has 0 aromatic heterocycles. The van der Waals surface area contributed by atoms with Gasteiger partial charge in [-0.3, -0.25) is 9.59 Å². The summed E-state index contributed by atoms with van der Waals surface area (Å²) in [6.45, 7) is 2.72. The lowest BCUT2D eigenvalue weighted by atomic mass is 9.90. The molecule has 4 nitrogen and oxygen atoms in total. The summed E-state index contributed by atoms with van der Waals surface area (Å²) in [6.07, 6.45) is 1.46. The van der Waals surface area contributed by atoms with Crippen LogP contribution in [0.5, 0.6) is 0 Å². The Morgan fingerprint density at radius 3 is 2.10 bits per heavy atom. The van der Waals surface area contributed by atoms with Gasteiger partial charge in [-0.05, 0) is 42.2 Å². The fourth-order valence-corrected chi connectivity index (χ4v) is 3.88. The number of carbonyl (C=O) groups is 2. The summed E-state index contributed by atoms with van der Waals surface area (Å²) < 4.78 is 0. The number of hydrogen-bond donors (Lipinski definition) is 1. The molecule has 3 aromatic rings. The highest BCUT2D eigenvalue weighted by molar-refractivity contribution is 6.00. The predicted octanol–water partition coefficient (Wildman–Crippen LogP) is 4.89. The van der Waals surface area contributed by atoms with Gasteiger partial charge < -0.3 is 10.2 Å². The van der Waals surface area contributed by atoms with E-state index >= 15 is 0 Å². The Kier molecular flexibility index (Phi) is 5.43. The molecule has 1 aliphatic rings. The van der Waals surface area contributed by atoms with Gasteiger partial charge in [-0.2, -0.15) is 0 Å². The van der Waals surface area contributed by atoms with Crippen LogP contribution in [0.3, 0.4) is 0 Å². The van der Waals surface area contributed by atoms with Gasteiger partial charge in [-0.1, -0.05) is 66.7 Å². The minimum absolute atomic E-state index is 0.0926. The number of aryl methyl sites for hydroxylation is 1. The Balaban J connectivity index is 1.64. The van der Waals surface area contributed by atoms with Crippen LogP contribution < -0.4 is 10.2 Å². The van der Waals surface area contributed by atoms with Crippen molar-refractivity contribution in [2.75, 3.05) is 16.8 Å². The van der Waals surface area contributed by atoms with E-state index in [0.29, 0.717) is 12.1 Å². The quantitative estimate of drug-likeness (QED) is 0.681. The first-order chi connectivity index (χ1) is 14.1. The monoisotopic (exact) mass is 384 g/mol. The second-order valence-electron chi connectivity index (χ2n) is 7.39. The maximum Gasteiger partial charge on any atom is 0.236 e. The highest BCUT2D eigenvalue weighted by Gasteiger charge is 2.25. The number of amides is 2. The van der Waals surface area contributed by atoms with Crippen molar-refractivity contribution in [3.8, 4) is 0 Å². The first-order valence-corrected chi connectivity index (χ1v) is 9.95. The zero-order valence-corrected chi connectivity index (χ0v) is 16.5. The maximum atomic E-state index is 13.3. The van der Waals surface area contributed by atoms with Gasteiger partial charge in [0.15, 0.2) is 0 Å². The third-order valence-corrected chi connectivity index (χ3v) is 5.37. The largest absolute Gasteiger partial charge is 0.325 e. The maximum absolute atomic E-state index is 13.3. The lowest BCUT2D eigenvalue weighted by molar-refractivity contribution is -0.117. The number of nitrogens with zero attached hydrogens (tertiary/aromatic N) is 1. The van der Waals surface area contributed by atoms with E-state index in [1.165, 1.54) is 0 Å². The van der Waals surface area contributed by atoms with Crippen LogP contribution in [0.25, 0.3) is 0 Å². The molecule has 1 N–H and O–H groups in total. The SMILES string of the molecule is Cc1ccc(NC(=O)C(c2ccccc2)c2ccccc2)cc1N1CCCC1=O. The molecule has 146 valence electrons. The van der Waals surface area contributed by atoms with E-state index in [1.807, 2.05) is 90.7 Å². The van der Waals surface area contributed by atoms with Gasteiger partial charge in [-0.25, -0.2) is 0 Å². The molecule has 0 bridgehead atoms. The summed E-state index contributed by atoms with van der Waals surface area (Å²) >= 11 is 0. The van der Waals surface area contributed by atoms with Crippen molar-refractivity contribution >= 4 is 23.2 Å². The minimum Gasteiger partial charge on any atom is -0.325 e. The van der Waals surface area contributed by atoms with Crippen LogP contribution in [0.2, 0.25) is 0 Å². The molecule has 3 aromatic carbocycles. The van der Waals surface area contributed by atoms with Gasteiger partial charge in [0.05, 0.1) is 5.92 Å². The van der Waals surface area contributed by atoms with Crippen LogP contribution in [-0.4, -0.2) is 18.4 Å². The summed E-state index contributed by atoms with van der Waals surface area (Å²) in [5.74, 6) is -0.358. The average Bonchev–Trinajstić information content (AvgIpc) is 3.17. The number of rotatable bonds is 5. The van der Waals surface area contributed by atoms with Crippen molar-refractivity contribution in [1.29, 1.82) is 0 Å². The van der Waals surface area contributed by atoms with E-state index in [0.717, 1.165) is 35.3 Å². The second-order valence-corrected chi connectivity index (χ2v) is 7.39. The highest BCUT2D eigenvalue weighted by atomic mass is 16.2. The Bertz CT molecular complexity index is 976. The number of nitrogens with one attached hydrogen (secondary N) is 1. The van der Waals surface area contributed by atoms with Crippen LogP contribution in [0, 0.1) is 6.92 Å². The van der Waals surface area contributed by atoms with Crippen LogP contribution in [0.4, 0.5) is 11.4 Å². The molecule has 0 saturated carbocycles. The average molecular weight is 384 g/mol. The van der Waals surface area contributed by atoms with Crippen molar-refractivity contribution in [2.24, 2.45) is 0 Å². The van der Waals surface area contributed by atoms with Crippen molar-refractivity contribution in [3.05, 3.63) is 95.6 Å². The van der Waals surface area contributed by atoms with Gasteiger partial charge in [0.1, 0.15) is 0 Å². The Labute approximate surface area is 171 Å². The molecule has 2 amide bonds. The number of benzene rings is 3. The molecule has 1 saturated heterocycles. The molecule has 4 heteroatoms. The fraction of sp³-hybridized carbons (Fsp3) is 0.200. The van der Waals surface area contributed by atoms with Crippen LogP contribution in [0.15, 0.2) is 78.9 Å². The third-order valence-electron chi connectivity index (χ3n) is 5.37. The van der Waals surface area contributed by atoms with Gasteiger partial charge in [-0.15, -0.1) is 0 Å². The van der Waals surface area contributed by atoms with E-state index in [-0.39, 0.29) is 11.8 Å². The van der Waals surface area contributed by atoms with E-state index in [1.54, 1.807) is 0 Å². The lowest BCUT2D eigenvalue weighted by Gasteiger charge is -2.21. The smallest absolute Gasteiger partial charge is 0.236 e. The predicted molar refractivity (Wildman–Crippen MR) is 116 cm³/mol. The second kappa shape index (κ2) is 8.31. The van der Waals surface area contributed by atoms with Crippen molar-refractivity contribution in [1.82, 2.24) is 0 Å². The summed E-state index contributed by atoms with van der Waals surface area (Å²) in [6, 6.07) is 25.3. The standard InChI is InChI=1S/C25H24N2O2/c1-18-14-15-21(17-22(18)27-16-8-13-23(27)28)26-25(29)24(19-9-4-2-5-10-19)20-11-6-3-7-12-20/h2-7,9-12,14-15,17,24H,8,13,16H2,1H3,(H,26,29). The summed E-state index contributed by atoms with van der Waals surface area (Å²) in [5.41, 5.74) is 4.49. The topological polar surface area (TPSA) is 49.4 Å². The van der Waals surface area contributed by atoms with E-state index in [9.17, 15) is 9.59 Å². The summed E-state index contributed by atoms with van der Waals surface area (Å²) in [7, 11) is 0. The molecule has 1 heterocycles. The summed E-state index contributed by atoms with van der Waals surface area (Å²) in [5, 5.41) is 3.07. The molecule has 0 radical (unpaired) electrons. The van der Waals surface area contributed by atoms with Gasteiger partial charge in [0.2, 0.25) is 11.8 Å². The number of anilines is 2. The normalized spacial score (nSPS) is 13.7. The molecular formula is C25H24N2O2. The molecule has 0 unspecified atom stereocenters. The zero-order valence-electron chi connectivity index (χ0n) is 16.5. The molecule has 29 heavy (non-hydrogen) atoms. The molecular weight excluding hydrogens is 360 g/mol. The van der Waals surface area contributed by atoms with Crippen LogP contribution in [0.1, 0.15) is 35.4 Å². The summed E-state index contributed by atoms with van der Waals surface area (Å²) in [4.78, 5) is 27.3. The van der Waals surface area contributed by atoms with Crippen LogP contribution >= 0.6 is 0 Å². The van der Waals surface area contributed by atoms with Gasteiger partial charge >= 0.3 is 0 Å². The van der Waals surface area contributed by atoms with E-state index in [4.69, 9.17) is 0 Å². The van der Waals surface area contributed by atoms with Crippen molar-refractivity contribution in [2.45, 2.75) is 25.7 Å². The third kappa shape index (κ3) is 4.06. The van der Waals surface area contributed by atoms with Crippen molar-refractivity contribution in [3.63, 3.8) is 0 Å². The molecule has 0 spiro atoms. The van der Waals surface area contributed by atoms with E-state index in [2.05, 4.69) is 5.32 Å². The minimum atomic E-state index is -0.407. The zero-order chi connectivity index (χ0) is 20.2. The Morgan fingerprint density at radius 1 is 0.931 bits per heavy atom. The first-order valence-electron chi connectivity index (χ1n) is 9.95. The molecule has 1 aliphatic heterocycles. The molecule has 1 fully saturated rings. The first kappa shape index (κ1) is 18.9. The van der Waals surface area contributed by atoms with Crippen molar-refractivity contribution < 1.29 is 9.59 Å². The number of hydrogen-bond acceptors (Lipinski definition) is 2. The number of carbonyl (C=O) groups excluding carboxylic acids is 2.